The van der Waals surface area contributed by atoms with Crippen molar-refractivity contribution in [1.29, 1.82) is 0 Å². The average Bonchev–Trinajstić information content (AvgIpc) is 3.31. The molecule has 1 amide bonds. The number of hydrogen-bond donors (Lipinski definition) is 1. The molecule has 1 N–H and O–H groups in total. The molecular formula is C25H23FN2O5S. The lowest BCUT2D eigenvalue weighted by molar-refractivity contribution is -0.125. The maximum Gasteiger partial charge on any atom is 0.244 e. The van der Waals surface area contributed by atoms with Crippen molar-refractivity contribution in [2.24, 2.45) is 0 Å². The van der Waals surface area contributed by atoms with E-state index < -0.39 is 33.8 Å². The first-order valence-electron chi connectivity index (χ1n) is 10.9. The van der Waals surface area contributed by atoms with Gasteiger partial charge in [0.05, 0.1) is 10.9 Å². The molecule has 0 aliphatic carbocycles. The zero-order chi connectivity index (χ0) is 23.9. The fourth-order valence-electron chi connectivity index (χ4n) is 4.29. The van der Waals surface area contributed by atoms with Crippen molar-refractivity contribution in [3.05, 3.63) is 89.2 Å². The second-order valence-electron chi connectivity index (χ2n) is 8.34. The first-order valence-corrected chi connectivity index (χ1v) is 12.3. The van der Waals surface area contributed by atoms with Gasteiger partial charge in [0.1, 0.15) is 11.9 Å². The molecule has 9 heteroatoms. The lowest BCUT2D eigenvalue weighted by Crippen LogP contribution is -2.52. The van der Waals surface area contributed by atoms with Crippen LogP contribution in [0.4, 0.5) is 4.39 Å². The Kier molecular flexibility index (Phi) is 5.75. The normalized spacial score (nSPS) is 18.2. The predicted molar refractivity (Wildman–Crippen MR) is 122 cm³/mol. The Morgan fingerprint density at radius 2 is 1.74 bits per heavy atom. The Bertz CT molecular complexity index is 1340. The largest absolute Gasteiger partial charge is 0.454 e. The topological polar surface area (TPSA) is 84.9 Å². The van der Waals surface area contributed by atoms with Crippen molar-refractivity contribution in [2.75, 3.05) is 6.79 Å². The zero-order valence-electron chi connectivity index (χ0n) is 18.4. The van der Waals surface area contributed by atoms with Crippen LogP contribution in [-0.4, -0.2) is 31.5 Å². The minimum absolute atomic E-state index is 0.0480. The quantitative estimate of drug-likeness (QED) is 0.601. The fraction of sp³-hybridized carbons (Fsp3) is 0.240. The summed E-state index contributed by atoms with van der Waals surface area (Å²) in [6.45, 7) is 2.02. The van der Waals surface area contributed by atoms with E-state index in [2.05, 4.69) is 5.32 Å². The number of rotatable bonds is 5. The third-order valence-electron chi connectivity index (χ3n) is 6.18. The molecule has 5 rings (SSSR count). The van der Waals surface area contributed by atoms with Gasteiger partial charge in [-0.2, -0.15) is 4.31 Å². The summed E-state index contributed by atoms with van der Waals surface area (Å²) in [6, 6.07) is 16.2. The molecule has 34 heavy (non-hydrogen) atoms. The van der Waals surface area contributed by atoms with Gasteiger partial charge in [0.2, 0.25) is 22.7 Å². The summed E-state index contributed by atoms with van der Waals surface area (Å²) >= 11 is 0. The van der Waals surface area contributed by atoms with Crippen LogP contribution in [-0.2, 0) is 27.8 Å². The van der Waals surface area contributed by atoms with Gasteiger partial charge in [0.25, 0.3) is 0 Å². The number of amides is 1. The van der Waals surface area contributed by atoms with Gasteiger partial charge in [-0.25, -0.2) is 12.8 Å². The van der Waals surface area contributed by atoms with Crippen molar-refractivity contribution >= 4 is 15.9 Å². The van der Waals surface area contributed by atoms with Crippen LogP contribution in [0, 0.1) is 5.82 Å². The van der Waals surface area contributed by atoms with E-state index in [4.69, 9.17) is 9.47 Å². The van der Waals surface area contributed by atoms with Crippen molar-refractivity contribution in [2.45, 2.75) is 36.9 Å². The van der Waals surface area contributed by atoms with E-state index >= 15 is 0 Å². The molecule has 0 unspecified atom stereocenters. The smallest absolute Gasteiger partial charge is 0.244 e. The Labute approximate surface area is 197 Å². The molecular weight excluding hydrogens is 459 g/mol. The summed E-state index contributed by atoms with van der Waals surface area (Å²) in [5, 5.41) is 2.95. The van der Waals surface area contributed by atoms with Gasteiger partial charge in [-0.15, -0.1) is 0 Å². The Morgan fingerprint density at radius 3 is 2.50 bits per heavy atom. The first-order chi connectivity index (χ1) is 16.3. The van der Waals surface area contributed by atoms with Gasteiger partial charge in [-0.3, -0.25) is 4.79 Å². The van der Waals surface area contributed by atoms with Crippen LogP contribution in [0.25, 0.3) is 0 Å². The monoisotopic (exact) mass is 482 g/mol. The summed E-state index contributed by atoms with van der Waals surface area (Å²) in [6.07, 6.45) is 0.232. The Balaban J connectivity index is 1.44. The molecule has 7 nitrogen and oxygen atoms in total. The minimum atomic E-state index is -4.05. The maximum absolute atomic E-state index is 13.5. The minimum Gasteiger partial charge on any atom is -0.454 e. The number of ether oxygens (including phenoxy) is 2. The number of halogens is 1. The Hall–Kier alpha value is -3.43. The molecule has 2 atom stereocenters. The summed E-state index contributed by atoms with van der Waals surface area (Å²) in [4.78, 5) is 13.4. The zero-order valence-corrected chi connectivity index (χ0v) is 19.2. The van der Waals surface area contributed by atoms with E-state index in [0.29, 0.717) is 11.5 Å². The number of sulfonamides is 1. The highest BCUT2D eigenvalue weighted by Gasteiger charge is 2.40. The van der Waals surface area contributed by atoms with Crippen LogP contribution >= 0.6 is 0 Å². The molecule has 2 aliphatic rings. The number of benzene rings is 3. The molecule has 0 radical (unpaired) electrons. The SMILES string of the molecule is C[C@H](NC(=O)[C@@H]1Cc2ccccc2CN1S(=O)(=O)c1ccc(F)cc1)c1ccc2c(c1)OCO2. The average molecular weight is 483 g/mol. The lowest BCUT2D eigenvalue weighted by atomic mass is 9.95. The van der Waals surface area contributed by atoms with Crippen LogP contribution in [0.3, 0.4) is 0 Å². The summed E-state index contributed by atoms with van der Waals surface area (Å²) in [7, 11) is -4.05. The fourth-order valence-corrected chi connectivity index (χ4v) is 5.86. The summed E-state index contributed by atoms with van der Waals surface area (Å²) in [5.41, 5.74) is 2.56. The molecule has 2 heterocycles. The van der Waals surface area contributed by atoms with Crippen molar-refractivity contribution in [3.8, 4) is 11.5 Å². The molecule has 0 aromatic heterocycles. The molecule has 0 saturated carbocycles. The van der Waals surface area contributed by atoms with Crippen LogP contribution in [0.15, 0.2) is 71.6 Å². The van der Waals surface area contributed by atoms with Gasteiger partial charge in [0.15, 0.2) is 11.5 Å². The third kappa shape index (κ3) is 4.12. The molecule has 0 spiro atoms. The third-order valence-corrected chi connectivity index (χ3v) is 8.05. The second kappa shape index (κ2) is 8.73. The van der Waals surface area contributed by atoms with E-state index in [-0.39, 0.29) is 24.7 Å². The van der Waals surface area contributed by atoms with Crippen molar-refractivity contribution in [1.82, 2.24) is 9.62 Å². The maximum atomic E-state index is 13.5. The van der Waals surface area contributed by atoms with Crippen LogP contribution < -0.4 is 14.8 Å². The predicted octanol–water partition coefficient (Wildman–Crippen LogP) is 3.55. The van der Waals surface area contributed by atoms with Crippen LogP contribution in [0.2, 0.25) is 0 Å². The summed E-state index contributed by atoms with van der Waals surface area (Å²) in [5.74, 6) is 0.300. The van der Waals surface area contributed by atoms with Gasteiger partial charge >= 0.3 is 0 Å². The highest BCUT2D eigenvalue weighted by Crippen LogP contribution is 2.34. The molecule has 0 fully saturated rings. The van der Waals surface area contributed by atoms with E-state index in [1.807, 2.05) is 37.3 Å². The van der Waals surface area contributed by atoms with Crippen molar-refractivity contribution < 1.29 is 27.1 Å². The lowest BCUT2D eigenvalue weighted by Gasteiger charge is -2.35. The number of hydrogen-bond acceptors (Lipinski definition) is 5. The summed E-state index contributed by atoms with van der Waals surface area (Å²) < 4.78 is 52.4. The second-order valence-corrected chi connectivity index (χ2v) is 10.2. The number of nitrogens with zero attached hydrogens (tertiary/aromatic N) is 1. The van der Waals surface area contributed by atoms with Gasteiger partial charge in [0, 0.05) is 6.54 Å². The van der Waals surface area contributed by atoms with Gasteiger partial charge in [-0.1, -0.05) is 30.3 Å². The molecule has 176 valence electrons. The van der Waals surface area contributed by atoms with Gasteiger partial charge in [-0.05, 0) is 66.4 Å². The van der Waals surface area contributed by atoms with Crippen LogP contribution in [0.1, 0.15) is 29.7 Å². The number of carbonyl (C=O) groups excluding carboxylic acids is 1. The van der Waals surface area contributed by atoms with Crippen LogP contribution in [0.5, 0.6) is 11.5 Å². The number of fused-ring (bicyclic) bond motifs is 2. The van der Waals surface area contributed by atoms with E-state index in [1.54, 1.807) is 12.1 Å². The van der Waals surface area contributed by atoms with Crippen molar-refractivity contribution in [3.63, 3.8) is 0 Å². The molecule has 3 aromatic rings. The van der Waals surface area contributed by atoms with E-state index in [1.165, 1.54) is 16.4 Å². The Morgan fingerprint density at radius 1 is 1.03 bits per heavy atom. The van der Waals surface area contributed by atoms with E-state index in [0.717, 1.165) is 28.8 Å². The number of carbonyl (C=O) groups is 1. The highest BCUT2D eigenvalue weighted by atomic mass is 32.2. The highest BCUT2D eigenvalue weighted by molar-refractivity contribution is 7.89. The molecule has 0 bridgehead atoms. The standard InChI is InChI=1S/C25H23FN2O5S/c1-16(17-6-11-23-24(13-17)33-15-32-23)27-25(29)22-12-18-4-2-3-5-19(18)14-28(22)34(30,31)21-9-7-20(26)8-10-21/h2-11,13,16,22H,12,14-15H2,1H3,(H,27,29)/t16-,22-/m0/s1. The molecule has 2 aliphatic heterocycles. The first kappa shape index (κ1) is 22.4. The molecule has 0 saturated heterocycles. The van der Waals surface area contributed by atoms with E-state index in [9.17, 15) is 17.6 Å². The number of nitrogens with one attached hydrogen (secondary N) is 1. The molecule has 3 aromatic carbocycles. The van der Waals surface area contributed by atoms with Gasteiger partial charge < -0.3 is 14.8 Å².